The topological polar surface area (TPSA) is 110 Å². The lowest BCUT2D eigenvalue weighted by molar-refractivity contribution is 0.146. The van der Waals surface area contributed by atoms with Crippen LogP contribution in [0.1, 0.15) is 27.2 Å². The molecule has 2 aromatic heterocycles. The number of hydrogen-bond acceptors (Lipinski definition) is 8. The van der Waals surface area contributed by atoms with Crippen LogP contribution in [0.25, 0.3) is 33.2 Å². The number of aromatic amines is 1. The summed E-state index contributed by atoms with van der Waals surface area (Å²) in [7, 11) is 1.66. The molecule has 1 aliphatic heterocycles. The van der Waals surface area contributed by atoms with E-state index in [9.17, 15) is 0 Å². The van der Waals surface area contributed by atoms with Crippen molar-refractivity contribution in [2.24, 2.45) is 5.41 Å². The fraction of sp³-hybridized carbons (Fsp3) is 0.323. The third kappa shape index (κ3) is 5.43. The highest BCUT2D eigenvalue weighted by atomic mass is 16.6. The Morgan fingerprint density at radius 1 is 1.00 bits per heavy atom. The molecule has 0 amide bonds. The summed E-state index contributed by atoms with van der Waals surface area (Å²) in [5.41, 5.74) is 4.69. The Morgan fingerprint density at radius 3 is 2.75 bits per heavy atom. The van der Waals surface area contributed by atoms with E-state index in [-0.39, 0.29) is 17.7 Å². The average molecular weight is 539 g/mol. The van der Waals surface area contributed by atoms with Crippen molar-refractivity contribution in [2.45, 2.75) is 39.5 Å². The predicted octanol–water partition coefficient (Wildman–Crippen LogP) is 6.51. The minimum atomic E-state index is 0.00863. The molecule has 0 bridgehead atoms. The van der Waals surface area contributed by atoms with Gasteiger partial charge in [-0.1, -0.05) is 32.9 Å². The van der Waals surface area contributed by atoms with Gasteiger partial charge in [-0.05, 0) is 60.4 Å². The number of methoxy groups -OCH3 is 1. The number of nitrogens with one attached hydrogen (secondary N) is 3. The van der Waals surface area contributed by atoms with Crippen molar-refractivity contribution in [1.82, 2.24) is 20.2 Å². The van der Waals surface area contributed by atoms with Crippen LogP contribution in [0.2, 0.25) is 0 Å². The lowest BCUT2D eigenvalue weighted by Gasteiger charge is -2.19. The van der Waals surface area contributed by atoms with Gasteiger partial charge in [-0.25, -0.2) is 9.97 Å². The Labute approximate surface area is 233 Å². The van der Waals surface area contributed by atoms with E-state index in [1.54, 1.807) is 13.3 Å². The third-order valence-electron chi connectivity index (χ3n) is 7.53. The zero-order valence-corrected chi connectivity index (χ0v) is 23.2. The van der Waals surface area contributed by atoms with Crippen LogP contribution in [0.15, 0.2) is 66.9 Å². The van der Waals surface area contributed by atoms with Gasteiger partial charge in [0.15, 0.2) is 12.1 Å². The van der Waals surface area contributed by atoms with Gasteiger partial charge in [-0.3, -0.25) is 5.10 Å². The second kappa shape index (κ2) is 10.7. The maximum atomic E-state index is 5.96. The first-order chi connectivity index (χ1) is 19.4. The summed E-state index contributed by atoms with van der Waals surface area (Å²) in [6.07, 6.45) is 3.07. The van der Waals surface area contributed by atoms with Gasteiger partial charge in [0.25, 0.3) is 0 Å². The molecule has 40 heavy (non-hydrogen) atoms. The number of ether oxygens (including phenoxy) is 3. The molecule has 9 nitrogen and oxygen atoms in total. The summed E-state index contributed by atoms with van der Waals surface area (Å²) in [6.45, 7) is 7.65. The Kier molecular flexibility index (Phi) is 7.00. The quantitative estimate of drug-likeness (QED) is 0.129. The number of hydrogen-bond donors (Lipinski definition) is 3. The van der Waals surface area contributed by atoms with Gasteiger partial charge in [-0.2, -0.15) is 5.10 Å². The molecule has 5 aromatic rings. The summed E-state index contributed by atoms with van der Waals surface area (Å²) in [5, 5.41) is 16.0. The lowest BCUT2D eigenvalue weighted by atomic mass is 9.86. The molecule has 3 N–H and O–H groups in total. The molecule has 0 saturated carbocycles. The van der Waals surface area contributed by atoms with E-state index >= 15 is 0 Å². The Hall–Kier alpha value is -4.21. The average Bonchev–Trinajstić information content (AvgIpc) is 3.59. The van der Waals surface area contributed by atoms with Crippen LogP contribution in [0.5, 0.6) is 5.75 Å². The summed E-state index contributed by atoms with van der Waals surface area (Å²) in [6, 6.07) is 20.0. The molecule has 1 fully saturated rings. The first kappa shape index (κ1) is 26.0. The lowest BCUT2D eigenvalue weighted by Crippen LogP contribution is -2.22. The zero-order chi connectivity index (χ0) is 27.7. The smallest absolute Gasteiger partial charge is 0.162 e. The van der Waals surface area contributed by atoms with E-state index in [1.807, 2.05) is 54.6 Å². The minimum absolute atomic E-state index is 0.00863. The Morgan fingerprint density at radius 2 is 1.90 bits per heavy atom. The van der Waals surface area contributed by atoms with Crippen LogP contribution in [0, 0.1) is 5.41 Å². The standard InChI is InChI=1S/C31H34N6O3/c1-5-31(2,3)27-30(40-27)34-21-8-6-7-19(15-21)28-35-26-12-10-23(39-14-13-38-4)17-24(26)29(36-28)33-22-9-11-25-20(16-22)18-32-37-25/h6-12,15-18,27,30,34H,5,13-14H2,1-4H3,(H,32,37)(H,33,35,36). The zero-order valence-electron chi connectivity index (χ0n) is 23.2. The summed E-state index contributed by atoms with van der Waals surface area (Å²) < 4.78 is 17.0. The van der Waals surface area contributed by atoms with Crippen LogP contribution < -0.4 is 15.4 Å². The fourth-order valence-corrected chi connectivity index (χ4v) is 4.75. The van der Waals surface area contributed by atoms with Gasteiger partial charge in [0.05, 0.1) is 23.8 Å². The molecule has 0 spiro atoms. The van der Waals surface area contributed by atoms with E-state index in [1.165, 1.54) is 0 Å². The maximum absolute atomic E-state index is 5.96. The molecule has 6 rings (SSSR count). The van der Waals surface area contributed by atoms with Crippen molar-refractivity contribution in [3.05, 3.63) is 66.9 Å². The first-order valence-corrected chi connectivity index (χ1v) is 13.6. The van der Waals surface area contributed by atoms with E-state index < -0.39 is 0 Å². The number of benzene rings is 3. The van der Waals surface area contributed by atoms with Gasteiger partial charge >= 0.3 is 0 Å². The molecular formula is C31H34N6O3. The predicted molar refractivity (Wildman–Crippen MR) is 158 cm³/mol. The molecular weight excluding hydrogens is 504 g/mol. The van der Waals surface area contributed by atoms with Crippen molar-refractivity contribution < 1.29 is 14.2 Å². The Balaban J connectivity index is 1.34. The third-order valence-corrected chi connectivity index (χ3v) is 7.53. The molecule has 2 unspecified atom stereocenters. The van der Waals surface area contributed by atoms with Crippen molar-refractivity contribution in [2.75, 3.05) is 31.0 Å². The van der Waals surface area contributed by atoms with E-state index in [0.29, 0.717) is 24.9 Å². The summed E-state index contributed by atoms with van der Waals surface area (Å²) in [5.74, 6) is 2.04. The van der Waals surface area contributed by atoms with E-state index in [2.05, 4.69) is 47.7 Å². The highest BCUT2D eigenvalue weighted by Gasteiger charge is 2.48. The molecule has 206 valence electrons. The van der Waals surface area contributed by atoms with Crippen molar-refractivity contribution in [3.8, 4) is 17.1 Å². The normalized spacial score (nSPS) is 16.8. The number of fused-ring (bicyclic) bond motifs is 2. The molecule has 2 atom stereocenters. The van der Waals surface area contributed by atoms with E-state index in [0.717, 1.165) is 50.9 Å². The van der Waals surface area contributed by atoms with Crippen molar-refractivity contribution in [1.29, 1.82) is 0 Å². The summed E-state index contributed by atoms with van der Waals surface area (Å²) >= 11 is 0. The number of rotatable bonds is 11. The van der Waals surface area contributed by atoms with Crippen LogP contribution in [0.3, 0.4) is 0 Å². The van der Waals surface area contributed by atoms with E-state index in [4.69, 9.17) is 24.2 Å². The minimum Gasteiger partial charge on any atom is -0.491 e. The van der Waals surface area contributed by atoms with Crippen LogP contribution >= 0.6 is 0 Å². The molecule has 1 aliphatic rings. The first-order valence-electron chi connectivity index (χ1n) is 13.6. The molecule has 9 heteroatoms. The molecule has 0 radical (unpaired) electrons. The molecule has 1 saturated heterocycles. The number of nitrogens with zero attached hydrogens (tertiary/aromatic N) is 3. The largest absolute Gasteiger partial charge is 0.491 e. The van der Waals surface area contributed by atoms with Gasteiger partial charge in [-0.15, -0.1) is 0 Å². The van der Waals surface area contributed by atoms with Crippen LogP contribution in [-0.4, -0.2) is 52.8 Å². The van der Waals surface area contributed by atoms with Gasteiger partial charge in [0, 0.05) is 34.8 Å². The highest BCUT2D eigenvalue weighted by Crippen LogP contribution is 2.41. The van der Waals surface area contributed by atoms with Crippen molar-refractivity contribution >= 4 is 39.0 Å². The number of epoxide rings is 1. The second-order valence-electron chi connectivity index (χ2n) is 10.8. The second-order valence-corrected chi connectivity index (χ2v) is 10.8. The Bertz CT molecular complexity index is 1650. The molecule has 3 heterocycles. The van der Waals surface area contributed by atoms with Gasteiger partial charge in [0.1, 0.15) is 24.3 Å². The number of anilines is 3. The van der Waals surface area contributed by atoms with Crippen molar-refractivity contribution in [3.63, 3.8) is 0 Å². The monoisotopic (exact) mass is 538 g/mol. The summed E-state index contributed by atoms with van der Waals surface area (Å²) in [4.78, 5) is 9.92. The molecule has 0 aliphatic carbocycles. The van der Waals surface area contributed by atoms with Crippen LogP contribution in [0.4, 0.5) is 17.2 Å². The molecule has 3 aromatic carbocycles. The number of H-pyrrole nitrogens is 1. The van der Waals surface area contributed by atoms with Gasteiger partial charge < -0.3 is 24.8 Å². The fourth-order valence-electron chi connectivity index (χ4n) is 4.75. The number of aromatic nitrogens is 4. The highest BCUT2D eigenvalue weighted by molar-refractivity contribution is 5.94. The van der Waals surface area contributed by atoms with Crippen LogP contribution in [-0.2, 0) is 9.47 Å². The SMILES string of the molecule is CCC(C)(C)C1OC1Nc1cccc(-c2nc(Nc3ccc4[nH]ncc4c3)c3cc(OCCOC)ccc3n2)c1. The van der Waals surface area contributed by atoms with Gasteiger partial charge in [0.2, 0.25) is 0 Å². The maximum Gasteiger partial charge on any atom is 0.162 e.